The third kappa shape index (κ3) is 5.07. The van der Waals surface area contributed by atoms with Crippen molar-refractivity contribution in [3.63, 3.8) is 0 Å². The van der Waals surface area contributed by atoms with Gasteiger partial charge in [-0.1, -0.05) is 18.9 Å². The van der Waals surface area contributed by atoms with Gasteiger partial charge >= 0.3 is 0 Å². The van der Waals surface area contributed by atoms with Gasteiger partial charge < -0.3 is 24.6 Å². The van der Waals surface area contributed by atoms with Crippen molar-refractivity contribution < 1.29 is 9.59 Å². The Morgan fingerprint density at radius 3 is 2.46 bits per heavy atom. The van der Waals surface area contributed by atoms with Gasteiger partial charge in [0.05, 0.1) is 11.9 Å². The molecule has 2 amide bonds. The summed E-state index contributed by atoms with van der Waals surface area (Å²) >= 11 is 0. The number of allylic oxidation sites excluding steroid dienone is 1. The summed E-state index contributed by atoms with van der Waals surface area (Å²) in [6, 6.07) is 6.15. The van der Waals surface area contributed by atoms with Gasteiger partial charge in [-0.2, -0.15) is 4.98 Å². The number of carbonyl (C=O) groups excluding carboxylic acids is 2. The number of pyridine rings is 1. The quantitative estimate of drug-likeness (QED) is 0.513. The van der Waals surface area contributed by atoms with Crippen LogP contribution in [0.5, 0.6) is 0 Å². The average Bonchev–Trinajstić information content (AvgIpc) is 3.74. The molecular formula is C29H36N8O2. The molecule has 204 valence electrons. The van der Waals surface area contributed by atoms with Crippen molar-refractivity contribution in [1.82, 2.24) is 29.3 Å². The fourth-order valence-corrected chi connectivity index (χ4v) is 5.99. The molecule has 3 aliphatic rings. The number of nitrogens with zero attached hydrogens (tertiary/aromatic N) is 7. The van der Waals surface area contributed by atoms with E-state index in [2.05, 4.69) is 30.8 Å². The Labute approximate surface area is 228 Å². The predicted octanol–water partition coefficient (Wildman–Crippen LogP) is 4.15. The zero-order valence-electron chi connectivity index (χ0n) is 22.8. The first-order chi connectivity index (χ1) is 19.0. The summed E-state index contributed by atoms with van der Waals surface area (Å²) in [4.78, 5) is 45.4. The molecule has 3 aromatic rings. The molecular weight excluding hydrogens is 492 g/mol. The van der Waals surface area contributed by atoms with Gasteiger partial charge in [0.15, 0.2) is 0 Å². The highest BCUT2D eigenvalue weighted by Crippen LogP contribution is 2.35. The Hall–Kier alpha value is -3.95. The molecule has 0 spiro atoms. The SMILES string of the molecule is CN(C)C(=O)c1cc2cnc(Nc3ccc(N4CCN(C(=O)C5=CCCC5)CC4)cn3)nc2n1C1CCCC1. The number of aromatic nitrogens is 4. The summed E-state index contributed by atoms with van der Waals surface area (Å²) in [5, 5.41) is 4.10. The Balaban J connectivity index is 1.15. The molecule has 10 nitrogen and oxygen atoms in total. The van der Waals surface area contributed by atoms with E-state index in [1.54, 1.807) is 25.2 Å². The fourth-order valence-electron chi connectivity index (χ4n) is 5.99. The summed E-state index contributed by atoms with van der Waals surface area (Å²) in [5.74, 6) is 1.30. The minimum atomic E-state index is -0.0208. The van der Waals surface area contributed by atoms with Crippen molar-refractivity contribution in [3.8, 4) is 0 Å². The standard InChI is InChI=1S/C29H36N8O2/c1-34(2)28(39)24-17-21-18-31-29(33-26(21)37(24)22-9-5-6-10-22)32-25-12-11-23(19-30-25)35-13-15-36(16-14-35)27(38)20-7-3-4-8-20/h7,11-12,17-19,22H,3-6,8-10,13-16H2,1-2H3,(H,30,31,32,33). The lowest BCUT2D eigenvalue weighted by molar-refractivity contribution is -0.127. The number of fused-ring (bicyclic) bond motifs is 1. The molecule has 4 heterocycles. The number of amides is 2. The van der Waals surface area contributed by atoms with Gasteiger partial charge in [0.2, 0.25) is 11.9 Å². The van der Waals surface area contributed by atoms with Crippen molar-refractivity contribution in [1.29, 1.82) is 0 Å². The van der Waals surface area contributed by atoms with Crippen LogP contribution < -0.4 is 10.2 Å². The van der Waals surface area contributed by atoms with Crippen LogP contribution >= 0.6 is 0 Å². The lowest BCUT2D eigenvalue weighted by Gasteiger charge is -2.36. The number of rotatable bonds is 6. The lowest BCUT2D eigenvalue weighted by atomic mass is 10.2. The highest BCUT2D eigenvalue weighted by molar-refractivity contribution is 5.98. The minimum Gasteiger partial charge on any atom is -0.367 e. The maximum Gasteiger partial charge on any atom is 0.270 e. The van der Waals surface area contributed by atoms with Crippen LogP contribution in [0.25, 0.3) is 11.0 Å². The number of hydrogen-bond donors (Lipinski definition) is 1. The van der Waals surface area contributed by atoms with Gasteiger partial charge in [-0.3, -0.25) is 9.59 Å². The summed E-state index contributed by atoms with van der Waals surface area (Å²) < 4.78 is 2.11. The van der Waals surface area contributed by atoms with Gasteiger partial charge in [0.1, 0.15) is 17.2 Å². The molecule has 0 bridgehead atoms. The molecule has 0 aromatic carbocycles. The molecule has 0 unspecified atom stereocenters. The van der Waals surface area contributed by atoms with E-state index in [1.165, 1.54) is 0 Å². The zero-order chi connectivity index (χ0) is 26.9. The van der Waals surface area contributed by atoms with Crippen LogP contribution in [0.1, 0.15) is 61.5 Å². The molecule has 2 aliphatic carbocycles. The van der Waals surface area contributed by atoms with Gasteiger partial charge in [0, 0.05) is 63.5 Å². The number of nitrogens with one attached hydrogen (secondary N) is 1. The fraction of sp³-hybridized carbons (Fsp3) is 0.483. The summed E-state index contributed by atoms with van der Waals surface area (Å²) in [6.45, 7) is 3.03. The zero-order valence-corrected chi connectivity index (χ0v) is 22.8. The minimum absolute atomic E-state index is 0.0208. The first-order valence-corrected chi connectivity index (χ1v) is 14.0. The van der Waals surface area contributed by atoms with Crippen LogP contribution in [0.15, 0.2) is 42.2 Å². The van der Waals surface area contributed by atoms with Crippen molar-refractivity contribution in [2.75, 3.05) is 50.5 Å². The first-order valence-electron chi connectivity index (χ1n) is 14.0. The van der Waals surface area contributed by atoms with Crippen LogP contribution in [0.2, 0.25) is 0 Å². The number of anilines is 3. The molecule has 1 saturated carbocycles. The van der Waals surface area contributed by atoms with Crippen LogP contribution in [0.3, 0.4) is 0 Å². The van der Waals surface area contributed by atoms with E-state index in [0.29, 0.717) is 17.5 Å². The van der Waals surface area contributed by atoms with Crippen LogP contribution in [0.4, 0.5) is 17.5 Å². The van der Waals surface area contributed by atoms with E-state index in [4.69, 9.17) is 4.98 Å². The monoisotopic (exact) mass is 528 g/mol. The molecule has 6 rings (SSSR count). The van der Waals surface area contributed by atoms with E-state index >= 15 is 0 Å². The second-order valence-corrected chi connectivity index (χ2v) is 10.9. The van der Waals surface area contributed by atoms with Crippen LogP contribution in [0, 0.1) is 0 Å². The van der Waals surface area contributed by atoms with E-state index in [9.17, 15) is 9.59 Å². The third-order valence-corrected chi connectivity index (χ3v) is 8.13. The normalized spacial score (nSPS) is 18.1. The second-order valence-electron chi connectivity index (χ2n) is 10.9. The van der Waals surface area contributed by atoms with E-state index in [-0.39, 0.29) is 17.9 Å². The average molecular weight is 529 g/mol. The molecule has 1 N–H and O–H groups in total. The van der Waals surface area contributed by atoms with Crippen molar-refractivity contribution >= 4 is 40.3 Å². The largest absolute Gasteiger partial charge is 0.367 e. The predicted molar refractivity (Wildman–Crippen MR) is 151 cm³/mol. The summed E-state index contributed by atoms with van der Waals surface area (Å²) in [6.07, 6.45) is 13.2. The van der Waals surface area contributed by atoms with Gasteiger partial charge in [-0.25, -0.2) is 9.97 Å². The van der Waals surface area contributed by atoms with E-state index in [1.807, 2.05) is 29.3 Å². The summed E-state index contributed by atoms with van der Waals surface area (Å²) in [7, 11) is 3.56. The maximum atomic E-state index is 12.9. The topological polar surface area (TPSA) is 99.5 Å². The Morgan fingerprint density at radius 1 is 1.00 bits per heavy atom. The van der Waals surface area contributed by atoms with Crippen LogP contribution in [-0.4, -0.2) is 81.4 Å². The highest BCUT2D eigenvalue weighted by atomic mass is 16.2. The molecule has 0 radical (unpaired) electrons. The molecule has 3 aromatic heterocycles. The Kier molecular flexibility index (Phi) is 6.93. The van der Waals surface area contributed by atoms with Crippen LogP contribution in [-0.2, 0) is 4.79 Å². The first kappa shape index (κ1) is 25.3. The highest BCUT2D eigenvalue weighted by Gasteiger charge is 2.27. The Bertz CT molecular complexity index is 1400. The molecule has 2 fully saturated rings. The smallest absolute Gasteiger partial charge is 0.270 e. The number of carbonyl (C=O) groups is 2. The van der Waals surface area contributed by atoms with E-state index < -0.39 is 0 Å². The molecule has 10 heteroatoms. The van der Waals surface area contributed by atoms with Gasteiger partial charge in [-0.15, -0.1) is 0 Å². The van der Waals surface area contributed by atoms with Crippen molar-refractivity contribution in [3.05, 3.63) is 47.9 Å². The molecule has 1 saturated heterocycles. The second kappa shape index (κ2) is 10.7. The van der Waals surface area contributed by atoms with Gasteiger partial charge in [-0.05, 0) is 50.3 Å². The summed E-state index contributed by atoms with van der Waals surface area (Å²) in [5.41, 5.74) is 3.46. The van der Waals surface area contributed by atoms with Gasteiger partial charge in [0.25, 0.3) is 5.91 Å². The van der Waals surface area contributed by atoms with E-state index in [0.717, 1.165) is 93.4 Å². The number of hydrogen-bond acceptors (Lipinski definition) is 7. The third-order valence-electron chi connectivity index (χ3n) is 8.13. The lowest BCUT2D eigenvalue weighted by Crippen LogP contribution is -2.49. The molecule has 39 heavy (non-hydrogen) atoms. The number of piperazine rings is 1. The van der Waals surface area contributed by atoms with Crippen molar-refractivity contribution in [2.45, 2.75) is 51.0 Å². The van der Waals surface area contributed by atoms with Crippen molar-refractivity contribution in [2.24, 2.45) is 0 Å². The molecule has 1 aliphatic heterocycles. The molecule has 0 atom stereocenters. The Morgan fingerprint density at radius 2 is 1.79 bits per heavy atom. The maximum absolute atomic E-state index is 12.9.